The summed E-state index contributed by atoms with van der Waals surface area (Å²) in [4.78, 5) is 23.0. The van der Waals surface area contributed by atoms with Gasteiger partial charge in [0.25, 0.3) is 10.0 Å². The molecule has 0 radical (unpaired) electrons. The van der Waals surface area contributed by atoms with Gasteiger partial charge in [0.1, 0.15) is 0 Å². The lowest BCUT2D eigenvalue weighted by Crippen LogP contribution is -2.47. The molecule has 0 bridgehead atoms. The first-order valence-corrected chi connectivity index (χ1v) is 9.10. The van der Waals surface area contributed by atoms with E-state index < -0.39 is 26.8 Å². The van der Waals surface area contributed by atoms with E-state index in [1.54, 1.807) is 0 Å². The Morgan fingerprint density at radius 1 is 1.25 bits per heavy atom. The van der Waals surface area contributed by atoms with E-state index in [1.165, 1.54) is 4.31 Å². The summed E-state index contributed by atoms with van der Waals surface area (Å²) >= 11 is 0. The summed E-state index contributed by atoms with van der Waals surface area (Å²) in [5.41, 5.74) is -0.332. The van der Waals surface area contributed by atoms with Gasteiger partial charge in [-0.2, -0.15) is 4.31 Å². The number of amides is 1. The van der Waals surface area contributed by atoms with Gasteiger partial charge in [0.15, 0.2) is 0 Å². The summed E-state index contributed by atoms with van der Waals surface area (Å²) in [6, 6.07) is 2.25. The quantitative estimate of drug-likeness (QED) is 0.838. The molecule has 0 spiro atoms. The molecular formula is C15H22N2O6S. The van der Waals surface area contributed by atoms with Crippen LogP contribution in [0.15, 0.2) is 21.6 Å². The maximum absolute atomic E-state index is 12.5. The summed E-state index contributed by atoms with van der Waals surface area (Å²) in [7, 11) is -3.89. The summed E-state index contributed by atoms with van der Waals surface area (Å²) < 4.78 is 31.0. The van der Waals surface area contributed by atoms with Crippen LogP contribution >= 0.6 is 0 Å². The molecule has 134 valence electrons. The number of nitrogens with one attached hydrogen (secondary N) is 1. The summed E-state index contributed by atoms with van der Waals surface area (Å²) in [5.74, 6) is -2.06. The maximum Gasteiger partial charge on any atom is 0.371 e. The third-order valence-corrected chi connectivity index (χ3v) is 5.48. The third kappa shape index (κ3) is 4.15. The van der Waals surface area contributed by atoms with Gasteiger partial charge in [-0.25, -0.2) is 13.2 Å². The van der Waals surface area contributed by atoms with Crippen molar-refractivity contribution in [3.8, 4) is 0 Å². The van der Waals surface area contributed by atoms with E-state index in [0.29, 0.717) is 12.8 Å². The highest BCUT2D eigenvalue weighted by molar-refractivity contribution is 7.89. The van der Waals surface area contributed by atoms with Crippen LogP contribution in [0.1, 0.15) is 44.2 Å². The predicted octanol–water partition coefficient (Wildman–Crippen LogP) is 1.29. The Morgan fingerprint density at radius 3 is 2.29 bits per heavy atom. The zero-order valence-corrected chi connectivity index (χ0v) is 14.7. The van der Waals surface area contributed by atoms with Gasteiger partial charge < -0.3 is 14.8 Å². The Morgan fingerprint density at radius 2 is 1.83 bits per heavy atom. The van der Waals surface area contributed by atoms with Crippen LogP contribution in [-0.4, -0.2) is 48.3 Å². The molecule has 2 rings (SSSR count). The summed E-state index contributed by atoms with van der Waals surface area (Å²) in [5, 5.41) is 11.3. The number of hydrogen-bond donors (Lipinski definition) is 2. The number of carbonyl (C=O) groups excluding carboxylic acids is 1. The first kappa shape index (κ1) is 18.5. The van der Waals surface area contributed by atoms with Crippen molar-refractivity contribution in [3.63, 3.8) is 0 Å². The monoisotopic (exact) mass is 358 g/mol. The van der Waals surface area contributed by atoms with Gasteiger partial charge in [0.05, 0.1) is 0 Å². The van der Waals surface area contributed by atoms with E-state index in [0.717, 1.165) is 12.1 Å². The minimum atomic E-state index is -3.89. The van der Waals surface area contributed by atoms with E-state index in [9.17, 15) is 18.0 Å². The predicted molar refractivity (Wildman–Crippen MR) is 85.0 cm³/mol. The lowest BCUT2D eigenvalue weighted by Gasteiger charge is -2.31. The second kappa shape index (κ2) is 6.56. The standard InChI is InChI=1S/C15H22N2O6S/c1-15(2,3)16-13(18)10-6-8-17(9-7-10)24(21,22)12-5-4-11(23-12)14(19)20/h4-5,10H,6-9H2,1-3H3,(H,16,18)(H,19,20). The molecule has 1 aromatic rings. The van der Waals surface area contributed by atoms with Crippen molar-refractivity contribution in [2.24, 2.45) is 5.92 Å². The average molecular weight is 358 g/mol. The second-order valence-electron chi connectivity index (χ2n) is 6.84. The van der Waals surface area contributed by atoms with Crippen molar-refractivity contribution in [1.29, 1.82) is 0 Å². The molecule has 2 heterocycles. The molecule has 1 aliphatic rings. The van der Waals surface area contributed by atoms with E-state index in [1.807, 2.05) is 20.8 Å². The lowest BCUT2D eigenvalue weighted by molar-refractivity contribution is -0.127. The van der Waals surface area contributed by atoms with Gasteiger partial charge in [-0.3, -0.25) is 4.79 Å². The maximum atomic E-state index is 12.5. The molecule has 2 N–H and O–H groups in total. The highest BCUT2D eigenvalue weighted by atomic mass is 32.2. The van der Waals surface area contributed by atoms with Crippen molar-refractivity contribution in [2.75, 3.05) is 13.1 Å². The third-order valence-electron chi connectivity index (χ3n) is 3.71. The zero-order chi connectivity index (χ0) is 18.1. The molecule has 0 atom stereocenters. The van der Waals surface area contributed by atoms with Crippen molar-refractivity contribution >= 4 is 21.9 Å². The minimum absolute atomic E-state index is 0.0780. The van der Waals surface area contributed by atoms with Crippen LogP contribution < -0.4 is 5.32 Å². The fourth-order valence-corrected chi connectivity index (χ4v) is 3.91. The topological polar surface area (TPSA) is 117 Å². The normalized spacial score (nSPS) is 17.6. The van der Waals surface area contributed by atoms with Crippen molar-refractivity contribution in [2.45, 2.75) is 44.2 Å². The number of carboxylic acid groups (broad SMARTS) is 1. The van der Waals surface area contributed by atoms with Crippen LogP contribution in [0.5, 0.6) is 0 Å². The number of rotatable bonds is 4. The molecular weight excluding hydrogens is 336 g/mol. The number of piperidine rings is 1. The number of carboxylic acids is 1. The number of nitrogens with zero attached hydrogens (tertiary/aromatic N) is 1. The molecule has 1 aromatic heterocycles. The summed E-state index contributed by atoms with van der Waals surface area (Å²) in [6.45, 7) is 6.05. The van der Waals surface area contributed by atoms with Crippen LogP contribution in [0.3, 0.4) is 0 Å². The SMILES string of the molecule is CC(C)(C)NC(=O)C1CCN(S(=O)(=O)c2ccc(C(=O)O)o2)CC1. The first-order valence-electron chi connectivity index (χ1n) is 7.66. The van der Waals surface area contributed by atoms with Crippen molar-refractivity contribution < 1.29 is 27.5 Å². The van der Waals surface area contributed by atoms with Gasteiger partial charge in [-0.05, 0) is 45.7 Å². The fourth-order valence-electron chi connectivity index (χ4n) is 2.53. The minimum Gasteiger partial charge on any atom is -0.475 e. The number of carbonyl (C=O) groups is 2. The molecule has 1 aliphatic heterocycles. The van der Waals surface area contributed by atoms with Gasteiger partial charge in [0.2, 0.25) is 16.8 Å². The fraction of sp³-hybridized carbons (Fsp3) is 0.600. The van der Waals surface area contributed by atoms with E-state index in [2.05, 4.69) is 5.32 Å². The first-order chi connectivity index (χ1) is 11.0. The van der Waals surface area contributed by atoms with Crippen LogP contribution in [-0.2, 0) is 14.8 Å². The number of aromatic carboxylic acids is 1. The molecule has 9 heteroatoms. The average Bonchev–Trinajstić information content (AvgIpc) is 2.96. The van der Waals surface area contributed by atoms with Crippen LogP contribution in [0.25, 0.3) is 0 Å². The zero-order valence-electron chi connectivity index (χ0n) is 13.9. The highest BCUT2D eigenvalue weighted by Crippen LogP contribution is 2.25. The van der Waals surface area contributed by atoms with Crippen molar-refractivity contribution in [1.82, 2.24) is 9.62 Å². The van der Waals surface area contributed by atoms with Crippen LogP contribution in [0.4, 0.5) is 0 Å². The molecule has 0 saturated carbocycles. The molecule has 0 aromatic carbocycles. The lowest BCUT2D eigenvalue weighted by atomic mass is 9.96. The summed E-state index contributed by atoms with van der Waals surface area (Å²) in [6.07, 6.45) is 0.821. The Kier molecular flexibility index (Phi) is 5.05. The number of hydrogen-bond acceptors (Lipinski definition) is 5. The van der Waals surface area contributed by atoms with Gasteiger partial charge in [-0.1, -0.05) is 0 Å². The Bertz CT molecular complexity index is 723. The second-order valence-corrected chi connectivity index (χ2v) is 8.71. The number of furan rings is 1. The Labute approximate surface area is 140 Å². The molecule has 8 nitrogen and oxygen atoms in total. The molecule has 0 unspecified atom stereocenters. The molecule has 24 heavy (non-hydrogen) atoms. The van der Waals surface area contributed by atoms with Crippen molar-refractivity contribution in [3.05, 3.63) is 17.9 Å². The number of sulfonamides is 1. The van der Waals surface area contributed by atoms with E-state index >= 15 is 0 Å². The van der Waals surface area contributed by atoms with Crippen LogP contribution in [0, 0.1) is 5.92 Å². The largest absolute Gasteiger partial charge is 0.475 e. The van der Waals surface area contributed by atoms with E-state index in [-0.39, 0.29) is 30.5 Å². The Hall–Kier alpha value is -1.87. The highest BCUT2D eigenvalue weighted by Gasteiger charge is 2.34. The van der Waals surface area contributed by atoms with Gasteiger partial charge in [0, 0.05) is 24.5 Å². The smallest absolute Gasteiger partial charge is 0.371 e. The molecule has 1 fully saturated rings. The molecule has 1 saturated heterocycles. The van der Waals surface area contributed by atoms with Crippen LogP contribution in [0.2, 0.25) is 0 Å². The van der Waals surface area contributed by atoms with E-state index in [4.69, 9.17) is 9.52 Å². The van der Waals surface area contributed by atoms with Gasteiger partial charge >= 0.3 is 5.97 Å². The molecule has 1 amide bonds. The van der Waals surface area contributed by atoms with Gasteiger partial charge in [-0.15, -0.1) is 0 Å². The molecule has 0 aliphatic carbocycles. The Balaban J connectivity index is 2.02.